The molecule has 1 unspecified atom stereocenters. The maximum absolute atomic E-state index is 12.2. The van der Waals surface area contributed by atoms with Crippen molar-refractivity contribution in [2.75, 3.05) is 34.3 Å². The van der Waals surface area contributed by atoms with Crippen molar-refractivity contribution in [1.29, 1.82) is 0 Å². The summed E-state index contributed by atoms with van der Waals surface area (Å²) in [7, 11) is 5.60. The number of halogens is 3. The zero-order chi connectivity index (χ0) is 20.6. The van der Waals surface area contributed by atoms with Gasteiger partial charge < -0.3 is 19.8 Å². The molecule has 28 heavy (non-hydrogen) atoms. The highest BCUT2D eigenvalue weighted by atomic mass is 19.4. The summed E-state index contributed by atoms with van der Waals surface area (Å²) >= 11 is 0. The van der Waals surface area contributed by atoms with Crippen LogP contribution in [0.4, 0.5) is 13.2 Å². The predicted octanol–water partition coefficient (Wildman–Crippen LogP) is 3.19. The molecule has 0 saturated carbocycles. The van der Waals surface area contributed by atoms with Crippen LogP contribution in [0.1, 0.15) is 17.4 Å². The molecule has 0 radical (unpaired) electrons. The summed E-state index contributed by atoms with van der Waals surface area (Å²) < 4.78 is 46.7. The first kappa shape index (κ1) is 21.6. The normalized spacial score (nSPS) is 13.5. The molecule has 0 aliphatic heterocycles. The molecular formula is C19H25F3N4O2. The van der Waals surface area contributed by atoms with Gasteiger partial charge in [-0.15, -0.1) is 0 Å². The van der Waals surface area contributed by atoms with Gasteiger partial charge in [-0.2, -0.15) is 13.2 Å². The van der Waals surface area contributed by atoms with E-state index in [0.717, 1.165) is 11.3 Å². The fourth-order valence-electron chi connectivity index (χ4n) is 2.49. The lowest BCUT2D eigenvalue weighted by atomic mass is 10.2. The number of hydrogen-bond acceptors (Lipinski definition) is 4. The molecule has 0 saturated heterocycles. The summed E-state index contributed by atoms with van der Waals surface area (Å²) in [4.78, 5) is 6.23. The van der Waals surface area contributed by atoms with Crippen LogP contribution in [0.3, 0.4) is 0 Å². The van der Waals surface area contributed by atoms with E-state index in [-0.39, 0.29) is 11.8 Å². The van der Waals surface area contributed by atoms with Crippen molar-refractivity contribution < 1.29 is 22.3 Å². The third-order valence-corrected chi connectivity index (χ3v) is 3.97. The average molecular weight is 398 g/mol. The minimum Gasteiger partial charge on any atom is -0.484 e. The minimum absolute atomic E-state index is 0.0404. The second-order valence-corrected chi connectivity index (χ2v) is 6.35. The lowest BCUT2D eigenvalue weighted by Crippen LogP contribution is -2.41. The Morgan fingerprint density at radius 3 is 2.43 bits per heavy atom. The van der Waals surface area contributed by atoms with E-state index in [1.807, 2.05) is 31.1 Å². The second kappa shape index (κ2) is 10.0. The Balaban J connectivity index is 1.83. The quantitative estimate of drug-likeness (QED) is 0.528. The summed E-state index contributed by atoms with van der Waals surface area (Å²) in [5.41, 5.74) is 0.887. The topological polar surface area (TPSA) is 62.0 Å². The fourth-order valence-corrected chi connectivity index (χ4v) is 2.49. The molecule has 1 heterocycles. The van der Waals surface area contributed by atoms with Gasteiger partial charge in [0, 0.05) is 20.1 Å². The number of nitrogens with zero attached hydrogens (tertiary/aromatic N) is 2. The minimum atomic E-state index is -4.35. The summed E-state index contributed by atoms with van der Waals surface area (Å²) in [5, 5.41) is 6.42. The van der Waals surface area contributed by atoms with Gasteiger partial charge >= 0.3 is 6.18 Å². The molecule has 0 aliphatic rings. The molecule has 6 nitrogen and oxygen atoms in total. The number of ether oxygens (including phenoxy) is 1. The maximum Gasteiger partial charge on any atom is 0.422 e. The number of guanidine groups is 1. The van der Waals surface area contributed by atoms with Crippen molar-refractivity contribution in [2.24, 2.45) is 4.99 Å². The molecule has 0 aliphatic carbocycles. The van der Waals surface area contributed by atoms with E-state index in [9.17, 15) is 13.2 Å². The van der Waals surface area contributed by atoms with E-state index in [1.165, 1.54) is 12.1 Å². The Morgan fingerprint density at radius 1 is 1.18 bits per heavy atom. The van der Waals surface area contributed by atoms with Crippen LogP contribution in [0.5, 0.6) is 5.75 Å². The number of benzene rings is 1. The van der Waals surface area contributed by atoms with Crippen LogP contribution in [0.25, 0.3) is 0 Å². The summed E-state index contributed by atoms with van der Waals surface area (Å²) in [6, 6.07) is 10.2. The van der Waals surface area contributed by atoms with Gasteiger partial charge in [-0.25, -0.2) is 0 Å². The van der Waals surface area contributed by atoms with E-state index < -0.39 is 12.8 Å². The van der Waals surface area contributed by atoms with Gasteiger partial charge in [0.25, 0.3) is 0 Å². The molecule has 1 atom stereocenters. The number of nitrogens with one attached hydrogen (secondary N) is 2. The third-order valence-electron chi connectivity index (χ3n) is 3.97. The van der Waals surface area contributed by atoms with Gasteiger partial charge in [-0.1, -0.05) is 12.1 Å². The molecule has 0 spiro atoms. The van der Waals surface area contributed by atoms with Crippen molar-refractivity contribution in [3.63, 3.8) is 0 Å². The summed E-state index contributed by atoms with van der Waals surface area (Å²) in [6.45, 7) is -0.249. The van der Waals surface area contributed by atoms with Crippen LogP contribution < -0.4 is 15.4 Å². The molecule has 154 valence electrons. The third kappa shape index (κ3) is 7.15. The molecular weight excluding hydrogens is 373 g/mol. The van der Waals surface area contributed by atoms with Gasteiger partial charge in [-0.3, -0.25) is 9.89 Å². The van der Waals surface area contributed by atoms with E-state index in [2.05, 4.69) is 15.6 Å². The molecule has 2 rings (SSSR count). The monoisotopic (exact) mass is 398 g/mol. The number of alkyl halides is 3. The Hall–Kier alpha value is -2.68. The van der Waals surface area contributed by atoms with Crippen molar-refractivity contribution >= 4 is 5.96 Å². The van der Waals surface area contributed by atoms with E-state index in [0.29, 0.717) is 19.0 Å². The van der Waals surface area contributed by atoms with Gasteiger partial charge in [0.2, 0.25) is 0 Å². The Morgan fingerprint density at radius 2 is 1.89 bits per heavy atom. The lowest BCUT2D eigenvalue weighted by Gasteiger charge is -2.23. The highest BCUT2D eigenvalue weighted by Gasteiger charge is 2.28. The van der Waals surface area contributed by atoms with Crippen LogP contribution in [0, 0.1) is 0 Å². The second-order valence-electron chi connectivity index (χ2n) is 6.35. The zero-order valence-corrected chi connectivity index (χ0v) is 16.1. The SMILES string of the molecule is CN=C(NCc1ccc(OCC(F)(F)F)cc1)NCC(c1ccco1)N(C)C. The first-order valence-electron chi connectivity index (χ1n) is 8.71. The first-order valence-corrected chi connectivity index (χ1v) is 8.71. The van der Waals surface area contributed by atoms with Crippen molar-refractivity contribution in [3.8, 4) is 5.75 Å². The molecule has 0 fully saturated rings. The van der Waals surface area contributed by atoms with Gasteiger partial charge in [0.05, 0.1) is 12.3 Å². The Labute approximate surface area is 162 Å². The highest BCUT2D eigenvalue weighted by molar-refractivity contribution is 5.79. The Bertz CT molecular complexity index is 729. The Kier molecular flexibility index (Phi) is 7.74. The fraction of sp³-hybridized carbons (Fsp3) is 0.421. The van der Waals surface area contributed by atoms with Crippen LogP contribution in [0.15, 0.2) is 52.1 Å². The number of hydrogen-bond donors (Lipinski definition) is 2. The molecule has 0 bridgehead atoms. The molecule has 2 aromatic rings. The molecule has 1 aromatic carbocycles. The number of furan rings is 1. The number of aliphatic imine (C=N–C) groups is 1. The molecule has 2 N–H and O–H groups in total. The lowest BCUT2D eigenvalue weighted by molar-refractivity contribution is -0.153. The van der Waals surface area contributed by atoms with Crippen molar-refractivity contribution in [1.82, 2.24) is 15.5 Å². The van der Waals surface area contributed by atoms with E-state index >= 15 is 0 Å². The van der Waals surface area contributed by atoms with Gasteiger partial charge in [0.15, 0.2) is 12.6 Å². The van der Waals surface area contributed by atoms with Gasteiger partial charge in [-0.05, 0) is 43.9 Å². The average Bonchev–Trinajstić information content (AvgIpc) is 3.17. The van der Waals surface area contributed by atoms with Crippen LogP contribution >= 0.6 is 0 Å². The van der Waals surface area contributed by atoms with Crippen molar-refractivity contribution in [2.45, 2.75) is 18.8 Å². The molecule has 0 amide bonds. The van der Waals surface area contributed by atoms with Crippen LogP contribution in [0.2, 0.25) is 0 Å². The smallest absolute Gasteiger partial charge is 0.422 e. The predicted molar refractivity (Wildman–Crippen MR) is 101 cm³/mol. The zero-order valence-electron chi connectivity index (χ0n) is 16.1. The molecule has 9 heteroatoms. The van der Waals surface area contributed by atoms with E-state index in [4.69, 9.17) is 9.15 Å². The maximum atomic E-state index is 12.2. The standard InChI is InChI=1S/C19H25F3N4O2/c1-23-18(25-12-16(26(2)3)17-5-4-10-27-17)24-11-14-6-8-15(9-7-14)28-13-19(20,21)22/h4-10,16H,11-13H2,1-3H3,(H2,23,24,25). The summed E-state index contributed by atoms with van der Waals surface area (Å²) in [5.74, 6) is 1.63. The molecule has 1 aromatic heterocycles. The highest BCUT2D eigenvalue weighted by Crippen LogP contribution is 2.19. The first-order chi connectivity index (χ1) is 13.3. The summed E-state index contributed by atoms with van der Waals surface area (Å²) in [6.07, 6.45) is -2.71. The van der Waals surface area contributed by atoms with E-state index in [1.54, 1.807) is 25.4 Å². The number of rotatable bonds is 8. The van der Waals surface area contributed by atoms with Crippen molar-refractivity contribution in [3.05, 3.63) is 54.0 Å². The number of likely N-dealkylation sites (N-methyl/N-ethyl adjacent to an activating group) is 1. The van der Waals surface area contributed by atoms with Crippen LogP contribution in [-0.4, -0.2) is 51.3 Å². The largest absolute Gasteiger partial charge is 0.484 e. The van der Waals surface area contributed by atoms with Gasteiger partial charge in [0.1, 0.15) is 11.5 Å². The van der Waals surface area contributed by atoms with Crippen LogP contribution in [-0.2, 0) is 6.54 Å².